The number of hydrogen-bond acceptors (Lipinski definition) is 3. The molecule has 6 nitrogen and oxygen atoms in total. The summed E-state index contributed by atoms with van der Waals surface area (Å²) in [5, 5.41) is 5.95. The number of aryl methyl sites for hydroxylation is 1. The molecule has 0 heterocycles. The highest BCUT2D eigenvalue weighted by Crippen LogP contribution is 2.09. The van der Waals surface area contributed by atoms with Crippen molar-refractivity contribution < 1.29 is 8.42 Å². The number of terminal acetylenes is 1. The van der Waals surface area contributed by atoms with E-state index >= 15 is 0 Å². The van der Waals surface area contributed by atoms with Crippen molar-refractivity contribution in [3.05, 3.63) is 29.8 Å². The predicted octanol–water partition coefficient (Wildman–Crippen LogP) is 0.462. The molecule has 0 amide bonds. The maximum absolute atomic E-state index is 12.1. The van der Waals surface area contributed by atoms with Crippen LogP contribution in [0.2, 0.25) is 0 Å². The van der Waals surface area contributed by atoms with Crippen LogP contribution in [0, 0.1) is 19.3 Å². The molecule has 0 saturated heterocycles. The minimum absolute atomic E-state index is 0.211. The molecule has 0 aromatic heterocycles. The molecular weight excluding hydrogens is 300 g/mol. The van der Waals surface area contributed by atoms with Crippen LogP contribution >= 0.6 is 0 Å². The molecule has 0 unspecified atom stereocenters. The highest BCUT2D eigenvalue weighted by Gasteiger charge is 2.12. The monoisotopic (exact) mass is 322 g/mol. The third kappa shape index (κ3) is 6.16. The van der Waals surface area contributed by atoms with Gasteiger partial charge in [0, 0.05) is 13.1 Å². The second-order valence-corrected chi connectivity index (χ2v) is 6.30. The van der Waals surface area contributed by atoms with Crippen molar-refractivity contribution >= 4 is 16.0 Å². The van der Waals surface area contributed by atoms with Crippen LogP contribution in [0.3, 0.4) is 0 Å². The van der Waals surface area contributed by atoms with Gasteiger partial charge in [-0.15, -0.1) is 6.42 Å². The van der Waals surface area contributed by atoms with Crippen molar-refractivity contribution in [2.45, 2.75) is 18.7 Å². The average molecular weight is 322 g/mol. The quantitative estimate of drug-likeness (QED) is 0.295. The topological polar surface area (TPSA) is 82.6 Å². The summed E-state index contributed by atoms with van der Waals surface area (Å²) in [7, 11) is -3.50. The molecule has 0 fully saturated rings. The number of nitrogens with one attached hydrogen (secondary N) is 3. The number of guanidine groups is 1. The molecule has 7 heteroatoms. The molecule has 0 bridgehead atoms. The van der Waals surface area contributed by atoms with Gasteiger partial charge >= 0.3 is 0 Å². The lowest BCUT2D eigenvalue weighted by Crippen LogP contribution is -2.38. The van der Waals surface area contributed by atoms with Crippen LogP contribution < -0.4 is 15.4 Å². The zero-order valence-electron chi connectivity index (χ0n) is 12.9. The van der Waals surface area contributed by atoms with Crippen molar-refractivity contribution in [3.8, 4) is 12.3 Å². The SMILES string of the molecule is C#CCNC(=NCCNS(=O)(=O)c1ccc(C)cc1)NCC. The number of aliphatic imine (C=N–C) groups is 1. The minimum Gasteiger partial charge on any atom is -0.357 e. The first kappa shape index (κ1) is 18.0. The summed E-state index contributed by atoms with van der Waals surface area (Å²) in [4.78, 5) is 4.48. The van der Waals surface area contributed by atoms with Crippen molar-refractivity contribution in [1.82, 2.24) is 15.4 Å². The molecule has 0 aliphatic heterocycles. The van der Waals surface area contributed by atoms with Crippen molar-refractivity contribution in [1.29, 1.82) is 0 Å². The maximum Gasteiger partial charge on any atom is 0.240 e. The molecule has 1 aromatic carbocycles. The van der Waals surface area contributed by atoms with Gasteiger partial charge in [0.1, 0.15) is 0 Å². The average Bonchev–Trinajstić information content (AvgIpc) is 2.49. The number of benzene rings is 1. The van der Waals surface area contributed by atoms with Crippen molar-refractivity contribution in [2.24, 2.45) is 4.99 Å². The Bertz CT molecular complexity index is 631. The molecule has 0 atom stereocenters. The van der Waals surface area contributed by atoms with E-state index in [1.807, 2.05) is 13.8 Å². The first-order valence-electron chi connectivity index (χ1n) is 7.01. The molecule has 22 heavy (non-hydrogen) atoms. The van der Waals surface area contributed by atoms with Gasteiger partial charge in [-0.3, -0.25) is 4.99 Å². The maximum atomic E-state index is 12.1. The Labute approximate surface area is 132 Å². The van der Waals surface area contributed by atoms with E-state index in [1.54, 1.807) is 24.3 Å². The third-order valence-electron chi connectivity index (χ3n) is 2.71. The standard InChI is InChI=1S/C15H22N4O2S/c1-4-10-17-15(16-5-2)18-11-12-19-22(20,21)14-8-6-13(3)7-9-14/h1,6-9,19H,5,10-12H2,2-3H3,(H2,16,17,18). The van der Waals surface area contributed by atoms with E-state index in [4.69, 9.17) is 6.42 Å². The summed E-state index contributed by atoms with van der Waals surface area (Å²) in [5.41, 5.74) is 1.01. The van der Waals surface area contributed by atoms with Gasteiger partial charge in [-0.1, -0.05) is 23.6 Å². The van der Waals surface area contributed by atoms with Gasteiger partial charge in [-0.2, -0.15) is 0 Å². The first-order valence-corrected chi connectivity index (χ1v) is 8.50. The van der Waals surface area contributed by atoms with Crippen LogP contribution in [0.15, 0.2) is 34.2 Å². The second kappa shape index (κ2) is 9.07. The lowest BCUT2D eigenvalue weighted by Gasteiger charge is -2.09. The summed E-state index contributed by atoms with van der Waals surface area (Å²) in [6.45, 7) is 5.43. The Morgan fingerprint density at radius 2 is 1.95 bits per heavy atom. The number of sulfonamides is 1. The van der Waals surface area contributed by atoms with Gasteiger partial charge in [0.25, 0.3) is 0 Å². The molecule has 1 rings (SSSR count). The molecule has 1 aromatic rings. The fraction of sp³-hybridized carbons (Fsp3) is 0.400. The largest absolute Gasteiger partial charge is 0.357 e. The number of nitrogens with zero attached hydrogens (tertiary/aromatic N) is 1. The van der Waals surface area contributed by atoms with Gasteiger partial charge in [0.05, 0.1) is 18.0 Å². The molecule has 0 radical (unpaired) electrons. The van der Waals surface area contributed by atoms with E-state index in [0.29, 0.717) is 25.6 Å². The fourth-order valence-electron chi connectivity index (χ4n) is 1.62. The zero-order valence-corrected chi connectivity index (χ0v) is 13.7. The second-order valence-electron chi connectivity index (χ2n) is 4.53. The van der Waals surface area contributed by atoms with Gasteiger partial charge < -0.3 is 10.6 Å². The van der Waals surface area contributed by atoms with Crippen molar-refractivity contribution in [2.75, 3.05) is 26.2 Å². The molecule has 0 saturated carbocycles. The van der Waals surface area contributed by atoms with E-state index in [-0.39, 0.29) is 11.4 Å². The summed E-state index contributed by atoms with van der Waals surface area (Å²) < 4.78 is 26.7. The summed E-state index contributed by atoms with van der Waals surface area (Å²) >= 11 is 0. The summed E-state index contributed by atoms with van der Waals surface area (Å²) in [6.07, 6.45) is 5.17. The predicted molar refractivity (Wildman–Crippen MR) is 89.2 cm³/mol. The lowest BCUT2D eigenvalue weighted by molar-refractivity contribution is 0.582. The van der Waals surface area contributed by atoms with E-state index in [1.165, 1.54) is 0 Å². The van der Waals surface area contributed by atoms with Gasteiger partial charge in [0.2, 0.25) is 10.0 Å². The normalized spacial score (nSPS) is 11.8. The Kier molecular flexibility index (Phi) is 7.43. The zero-order chi connectivity index (χ0) is 16.4. The van der Waals surface area contributed by atoms with Crippen LogP contribution in [0.25, 0.3) is 0 Å². The van der Waals surface area contributed by atoms with E-state index < -0.39 is 10.0 Å². The first-order chi connectivity index (χ1) is 10.5. The van der Waals surface area contributed by atoms with Gasteiger partial charge in [0.15, 0.2) is 5.96 Å². The van der Waals surface area contributed by atoms with Crippen LogP contribution in [-0.4, -0.2) is 40.6 Å². The van der Waals surface area contributed by atoms with Crippen LogP contribution in [0.5, 0.6) is 0 Å². The van der Waals surface area contributed by atoms with Crippen molar-refractivity contribution in [3.63, 3.8) is 0 Å². The lowest BCUT2D eigenvalue weighted by atomic mass is 10.2. The molecular formula is C15H22N4O2S. The smallest absolute Gasteiger partial charge is 0.240 e. The molecule has 120 valence electrons. The molecule has 0 spiro atoms. The molecule has 3 N–H and O–H groups in total. The molecule has 0 aliphatic rings. The minimum atomic E-state index is -3.50. The third-order valence-corrected chi connectivity index (χ3v) is 4.18. The Morgan fingerprint density at radius 3 is 2.55 bits per heavy atom. The van der Waals surface area contributed by atoms with E-state index in [9.17, 15) is 8.42 Å². The highest BCUT2D eigenvalue weighted by atomic mass is 32.2. The fourth-order valence-corrected chi connectivity index (χ4v) is 2.65. The number of rotatable bonds is 7. The van der Waals surface area contributed by atoms with Crippen LogP contribution in [0.1, 0.15) is 12.5 Å². The summed E-state index contributed by atoms with van der Waals surface area (Å²) in [5.74, 6) is 3.02. The van der Waals surface area contributed by atoms with Crippen LogP contribution in [0.4, 0.5) is 0 Å². The Hall–Kier alpha value is -2.04. The van der Waals surface area contributed by atoms with E-state index in [2.05, 4.69) is 26.3 Å². The number of hydrogen-bond donors (Lipinski definition) is 3. The van der Waals surface area contributed by atoms with Crippen LogP contribution in [-0.2, 0) is 10.0 Å². The highest BCUT2D eigenvalue weighted by molar-refractivity contribution is 7.89. The molecule has 0 aliphatic carbocycles. The van der Waals surface area contributed by atoms with E-state index in [0.717, 1.165) is 5.56 Å². The Morgan fingerprint density at radius 1 is 1.27 bits per heavy atom. The van der Waals surface area contributed by atoms with Gasteiger partial charge in [-0.25, -0.2) is 13.1 Å². The Balaban J connectivity index is 2.54. The summed E-state index contributed by atoms with van der Waals surface area (Å²) in [6, 6.07) is 6.69. The van der Waals surface area contributed by atoms with Gasteiger partial charge in [-0.05, 0) is 26.0 Å².